The number of nitrogen functional groups attached to an aromatic ring is 1. The van der Waals surface area contributed by atoms with Crippen molar-refractivity contribution in [3.8, 4) is 0 Å². The molecule has 0 spiro atoms. The fourth-order valence-electron chi connectivity index (χ4n) is 2.07. The highest BCUT2D eigenvalue weighted by molar-refractivity contribution is 7.89. The van der Waals surface area contributed by atoms with Crippen molar-refractivity contribution in [1.82, 2.24) is 8.68 Å². The van der Waals surface area contributed by atoms with Crippen LogP contribution in [0.2, 0.25) is 0 Å². The third-order valence-electron chi connectivity index (χ3n) is 3.21. The van der Waals surface area contributed by atoms with Crippen molar-refractivity contribution >= 4 is 32.4 Å². The van der Waals surface area contributed by atoms with Crippen molar-refractivity contribution in [2.24, 2.45) is 5.92 Å². The molecule has 0 aliphatic heterocycles. The summed E-state index contributed by atoms with van der Waals surface area (Å²) in [5, 5.41) is 0.687. The highest BCUT2D eigenvalue weighted by Gasteiger charge is 2.36. The second kappa shape index (κ2) is 5.50. The highest BCUT2D eigenvalue weighted by atomic mass is 32.2. The Kier molecular flexibility index (Phi) is 4.27. The molecule has 0 atom stereocenters. The van der Waals surface area contributed by atoms with Gasteiger partial charge in [0.25, 0.3) is 0 Å². The van der Waals surface area contributed by atoms with E-state index in [9.17, 15) is 8.42 Å². The Morgan fingerprint density at radius 3 is 2.45 bits per heavy atom. The summed E-state index contributed by atoms with van der Waals surface area (Å²) in [5.74, 6) is 0.557. The molecule has 1 aliphatic carbocycles. The molecule has 8 heteroatoms. The van der Waals surface area contributed by atoms with Gasteiger partial charge in [0.05, 0.1) is 0 Å². The van der Waals surface area contributed by atoms with Crippen LogP contribution >= 0.6 is 11.5 Å². The molecule has 0 unspecified atom stereocenters. The number of anilines is 2. The molecule has 0 amide bonds. The van der Waals surface area contributed by atoms with Crippen LogP contribution in [-0.2, 0) is 10.0 Å². The lowest BCUT2D eigenvalue weighted by atomic mass is 10.2. The molecule has 1 aromatic heterocycles. The van der Waals surface area contributed by atoms with Crippen LogP contribution in [0.5, 0.6) is 0 Å². The first-order valence-electron chi connectivity index (χ1n) is 6.69. The van der Waals surface area contributed by atoms with Gasteiger partial charge in [-0.15, -0.1) is 0 Å². The van der Waals surface area contributed by atoms with Crippen LogP contribution in [0.3, 0.4) is 0 Å². The normalized spacial score (nSPS) is 16.1. The number of hydrogen-bond acceptors (Lipinski definition) is 6. The van der Waals surface area contributed by atoms with Crippen LogP contribution in [0.1, 0.15) is 26.7 Å². The van der Waals surface area contributed by atoms with Crippen molar-refractivity contribution in [2.45, 2.75) is 37.6 Å². The molecule has 1 aromatic rings. The van der Waals surface area contributed by atoms with Crippen molar-refractivity contribution in [1.29, 1.82) is 0 Å². The minimum absolute atomic E-state index is 0.105. The van der Waals surface area contributed by atoms with Crippen LogP contribution in [0.25, 0.3) is 0 Å². The Bertz CT molecular complexity index is 576. The van der Waals surface area contributed by atoms with Crippen molar-refractivity contribution in [3.63, 3.8) is 0 Å². The lowest BCUT2D eigenvalue weighted by Gasteiger charge is -2.26. The monoisotopic (exact) mass is 318 g/mol. The summed E-state index contributed by atoms with van der Waals surface area (Å²) in [6.07, 6.45) is 2.21. The molecule has 0 bridgehead atoms. The largest absolute Gasteiger partial charge is 0.382 e. The molecule has 20 heavy (non-hydrogen) atoms. The van der Waals surface area contributed by atoms with Crippen LogP contribution in [0.15, 0.2) is 4.90 Å². The lowest BCUT2D eigenvalue weighted by Crippen LogP contribution is -2.32. The summed E-state index contributed by atoms with van der Waals surface area (Å²) >= 11 is 1.18. The SMILES string of the molecule is CC(C)CN(c1snc(N)c1S(=O)(=O)N(C)C)C1CC1. The predicted octanol–water partition coefficient (Wildman–Crippen LogP) is 1.60. The van der Waals surface area contributed by atoms with Gasteiger partial charge in [0.1, 0.15) is 5.00 Å². The van der Waals surface area contributed by atoms with E-state index in [2.05, 4.69) is 23.1 Å². The van der Waals surface area contributed by atoms with Crippen molar-refractivity contribution in [3.05, 3.63) is 0 Å². The van der Waals surface area contributed by atoms with Gasteiger partial charge in [-0.2, -0.15) is 4.37 Å². The van der Waals surface area contributed by atoms with Crippen LogP contribution in [0.4, 0.5) is 10.8 Å². The van der Waals surface area contributed by atoms with Crippen LogP contribution in [-0.4, -0.2) is 43.8 Å². The average Bonchev–Trinajstić information content (AvgIpc) is 3.08. The third-order valence-corrected chi connectivity index (χ3v) is 6.11. The van der Waals surface area contributed by atoms with E-state index in [1.54, 1.807) is 0 Å². The van der Waals surface area contributed by atoms with Gasteiger partial charge in [0, 0.05) is 26.7 Å². The van der Waals surface area contributed by atoms with Gasteiger partial charge in [-0.3, -0.25) is 0 Å². The van der Waals surface area contributed by atoms with E-state index < -0.39 is 10.0 Å². The van der Waals surface area contributed by atoms with Gasteiger partial charge in [-0.25, -0.2) is 12.7 Å². The zero-order valence-electron chi connectivity index (χ0n) is 12.3. The molecule has 0 aromatic carbocycles. The van der Waals surface area contributed by atoms with E-state index in [0.29, 0.717) is 17.0 Å². The standard InChI is InChI=1S/C12H22N4O2S2/c1-8(2)7-16(9-5-6-9)12-10(11(13)14-19-12)20(17,18)15(3)4/h8-9H,5-7H2,1-4H3,(H2,13,14). The van der Waals surface area contributed by atoms with E-state index in [1.165, 1.54) is 29.9 Å². The number of sulfonamides is 1. The Hall–Kier alpha value is -0.860. The molecular weight excluding hydrogens is 296 g/mol. The average molecular weight is 318 g/mol. The quantitative estimate of drug-likeness (QED) is 0.862. The maximum Gasteiger partial charge on any atom is 0.249 e. The number of hydrogen-bond donors (Lipinski definition) is 1. The molecule has 1 saturated carbocycles. The van der Waals surface area contributed by atoms with Crippen molar-refractivity contribution in [2.75, 3.05) is 31.3 Å². The van der Waals surface area contributed by atoms with E-state index >= 15 is 0 Å². The molecule has 2 rings (SSSR count). The molecule has 1 fully saturated rings. The van der Waals surface area contributed by atoms with E-state index in [-0.39, 0.29) is 10.7 Å². The Morgan fingerprint density at radius 1 is 1.40 bits per heavy atom. The summed E-state index contributed by atoms with van der Waals surface area (Å²) in [6.45, 7) is 5.07. The summed E-state index contributed by atoms with van der Waals surface area (Å²) in [4.78, 5) is 2.33. The van der Waals surface area contributed by atoms with Gasteiger partial charge in [0.15, 0.2) is 10.7 Å². The Labute approximate surface area is 124 Å². The summed E-state index contributed by atoms with van der Waals surface area (Å²) in [6, 6.07) is 0.424. The first-order chi connectivity index (χ1) is 9.25. The van der Waals surface area contributed by atoms with Gasteiger partial charge < -0.3 is 10.6 Å². The van der Waals surface area contributed by atoms with Crippen LogP contribution < -0.4 is 10.6 Å². The fraction of sp³-hybridized carbons (Fsp3) is 0.750. The fourth-order valence-corrected chi connectivity index (χ4v) is 4.36. The molecule has 0 radical (unpaired) electrons. The molecule has 1 aliphatic rings. The van der Waals surface area contributed by atoms with Gasteiger partial charge >= 0.3 is 0 Å². The molecule has 114 valence electrons. The van der Waals surface area contributed by atoms with E-state index in [0.717, 1.165) is 19.4 Å². The van der Waals surface area contributed by atoms with E-state index in [4.69, 9.17) is 5.73 Å². The molecule has 1 heterocycles. The smallest absolute Gasteiger partial charge is 0.249 e. The number of aromatic nitrogens is 1. The molecule has 0 saturated heterocycles. The highest BCUT2D eigenvalue weighted by Crippen LogP contribution is 2.41. The van der Waals surface area contributed by atoms with Gasteiger partial charge in [-0.05, 0) is 30.3 Å². The van der Waals surface area contributed by atoms with Crippen molar-refractivity contribution < 1.29 is 8.42 Å². The number of rotatable bonds is 6. The first kappa shape index (κ1) is 15.5. The van der Waals surface area contributed by atoms with E-state index in [1.807, 2.05) is 0 Å². The third kappa shape index (κ3) is 2.91. The predicted molar refractivity (Wildman–Crippen MR) is 82.6 cm³/mol. The number of nitrogens with two attached hydrogens (primary N) is 1. The maximum atomic E-state index is 12.5. The summed E-state index contributed by atoms with van der Waals surface area (Å²) in [7, 11) is -0.539. The number of nitrogens with zero attached hydrogens (tertiary/aromatic N) is 3. The van der Waals surface area contributed by atoms with Gasteiger partial charge in [0.2, 0.25) is 10.0 Å². The Morgan fingerprint density at radius 2 is 2.00 bits per heavy atom. The summed E-state index contributed by atoms with van der Waals surface area (Å²) in [5.41, 5.74) is 5.82. The van der Waals surface area contributed by atoms with Crippen LogP contribution in [0, 0.1) is 5.92 Å². The second-order valence-corrected chi connectivity index (χ2v) is 8.61. The molecule has 2 N–H and O–H groups in total. The molecular formula is C12H22N4O2S2. The summed E-state index contributed by atoms with van der Waals surface area (Å²) < 4.78 is 30.2. The minimum Gasteiger partial charge on any atom is -0.382 e. The zero-order valence-corrected chi connectivity index (χ0v) is 14.0. The zero-order chi connectivity index (χ0) is 15.1. The second-order valence-electron chi connectivity index (χ2n) is 5.77. The Balaban J connectivity index is 2.47. The maximum absolute atomic E-state index is 12.5. The minimum atomic E-state index is -3.57. The topological polar surface area (TPSA) is 79.5 Å². The van der Waals surface area contributed by atoms with Gasteiger partial charge in [-0.1, -0.05) is 13.8 Å². The lowest BCUT2D eigenvalue weighted by molar-refractivity contribution is 0.520. The first-order valence-corrected chi connectivity index (χ1v) is 8.90. The molecule has 6 nitrogen and oxygen atoms in total.